The summed E-state index contributed by atoms with van der Waals surface area (Å²) in [7, 11) is -3.57. The molecule has 8 heteroatoms. The number of aromatic nitrogens is 1. The van der Waals surface area contributed by atoms with Crippen LogP contribution in [0.4, 0.5) is 0 Å². The van der Waals surface area contributed by atoms with Crippen molar-refractivity contribution in [2.24, 2.45) is 0 Å². The lowest BCUT2D eigenvalue weighted by molar-refractivity contribution is 0.282. The molecule has 0 saturated carbocycles. The normalized spacial score (nSPS) is 11.8. The number of rotatable bonds is 5. The van der Waals surface area contributed by atoms with Crippen molar-refractivity contribution in [2.45, 2.75) is 18.0 Å². The molecule has 0 amide bonds. The van der Waals surface area contributed by atoms with E-state index in [-0.39, 0.29) is 18.0 Å². The van der Waals surface area contributed by atoms with Gasteiger partial charge in [-0.05, 0) is 11.4 Å². The Morgan fingerprint density at radius 3 is 2.82 bits per heavy atom. The summed E-state index contributed by atoms with van der Waals surface area (Å²) in [4.78, 5) is 4.57. The van der Waals surface area contributed by atoms with Crippen LogP contribution in [0, 0.1) is 0 Å². The molecule has 0 aliphatic heterocycles. The molecule has 0 unspecified atom stereocenters. The fourth-order valence-corrected chi connectivity index (χ4v) is 4.19. The molecular weight excluding hydrogens is 280 g/mol. The quantitative estimate of drug-likeness (QED) is 0.866. The number of hydrogen-bond donors (Lipinski definition) is 2. The van der Waals surface area contributed by atoms with Crippen molar-refractivity contribution in [1.82, 2.24) is 9.71 Å². The summed E-state index contributed by atoms with van der Waals surface area (Å²) in [5.41, 5.74) is 0. The predicted molar refractivity (Wildman–Crippen MR) is 66.4 cm³/mol. The third-order valence-electron chi connectivity index (χ3n) is 2.03. The van der Waals surface area contributed by atoms with Gasteiger partial charge in [0.1, 0.15) is 5.01 Å². The van der Waals surface area contributed by atoms with Crippen LogP contribution in [0.2, 0.25) is 0 Å². The first-order valence-corrected chi connectivity index (χ1v) is 7.93. The van der Waals surface area contributed by atoms with E-state index < -0.39 is 10.0 Å². The van der Waals surface area contributed by atoms with Gasteiger partial charge in [-0.3, -0.25) is 0 Å². The average Bonchev–Trinajstić information content (AvgIpc) is 2.97. The van der Waals surface area contributed by atoms with Crippen molar-refractivity contribution >= 4 is 32.7 Å². The Hall–Kier alpha value is -0.800. The summed E-state index contributed by atoms with van der Waals surface area (Å²) < 4.78 is 26.3. The average molecular weight is 290 g/mol. The Kier molecular flexibility index (Phi) is 3.89. The van der Waals surface area contributed by atoms with Crippen molar-refractivity contribution < 1.29 is 13.5 Å². The van der Waals surface area contributed by atoms with E-state index >= 15 is 0 Å². The topological polar surface area (TPSA) is 79.3 Å². The van der Waals surface area contributed by atoms with Crippen LogP contribution in [0.25, 0.3) is 0 Å². The van der Waals surface area contributed by atoms with Crippen LogP contribution in [0.5, 0.6) is 0 Å². The molecular formula is C9H10N2O3S3. The minimum atomic E-state index is -3.57. The molecule has 0 saturated heterocycles. The highest BCUT2D eigenvalue weighted by molar-refractivity contribution is 7.89. The van der Waals surface area contributed by atoms with E-state index in [9.17, 15) is 8.42 Å². The van der Waals surface area contributed by atoms with Gasteiger partial charge in [0.05, 0.1) is 18.0 Å². The molecule has 2 rings (SSSR count). The minimum absolute atomic E-state index is 0.140. The van der Waals surface area contributed by atoms with Gasteiger partial charge < -0.3 is 5.11 Å². The van der Waals surface area contributed by atoms with E-state index in [1.54, 1.807) is 17.0 Å². The molecule has 0 aliphatic rings. The number of nitrogens with zero attached hydrogens (tertiary/aromatic N) is 1. The van der Waals surface area contributed by atoms with E-state index in [0.29, 0.717) is 9.88 Å². The molecule has 92 valence electrons. The summed E-state index contributed by atoms with van der Waals surface area (Å²) in [6.07, 6.45) is 1.62. The number of hydrogen-bond acceptors (Lipinski definition) is 6. The largest absolute Gasteiger partial charge is 0.391 e. The standard InChI is InChI=1S/C9H10N2O3S3/c12-6-7-8(1-3-15-7)17(13,14)11-5-9-10-2-4-16-9/h1-4,11-12H,5-6H2. The van der Waals surface area contributed by atoms with E-state index in [1.807, 2.05) is 0 Å². The maximum Gasteiger partial charge on any atom is 0.242 e. The summed E-state index contributed by atoms with van der Waals surface area (Å²) in [6, 6.07) is 1.49. The van der Waals surface area contributed by atoms with Crippen LogP contribution >= 0.6 is 22.7 Å². The van der Waals surface area contributed by atoms with Gasteiger partial charge in [-0.2, -0.15) is 0 Å². The zero-order valence-electron chi connectivity index (χ0n) is 8.66. The molecule has 2 aromatic heterocycles. The van der Waals surface area contributed by atoms with Gasteiger partial charge in [-0.15, -0.1) is 22.7 Å². The van der Waals surface area contributed by atoms with Crippen molar-refractivity contribution in [3.8, 4) is 0 Å². The smallest absolute Gasteiger partial charge is 0.242 e. The van der Waals surface area contributed by atoms with Crippen LogP contribution in [-0.2, 0) is 23.2 Å². The highest BCUT2D eigenvalue weighted by atomic mass is 32.2. The molecule has 0 fully saturated rings. The monoisotopic (exact) mass is 290 g/mol. The maximum absolute atomic E-state index is 11.9. The second kappa shape index (κ2) is 5.23. The molecule has 2 aromatic rings. The highest BCUT2D eigenvalue weighted by Gasteiger charge is 2.19. The SMILES string of the molecule is O=S(=O)(NCc1nccs1)c1ccsc1CO. The van der Waals surface area contributed by atoms with Crippen molar-refractivity contribution in [1.29, 1.82) is 0 Å². The number of thiophene rings is 1. The van der Waals surface area contributed by atoms with Crippen LogP contribution in [-0.4, -0.2) is 18.5 Å². The first kappa shape index (κ1) is 12.7. The minimum Gasteiger partial charge on any atom is -0.391 e. The number of thiazole rings is 1. The Bertz CT molecular complexity index is 574. The molecule has 0 bridgehead atoms. The summed E-state index contributed by atoms with van der Waals surface area (Å²) in [5.74, 6) is 0. The molecule has 0 atom stereocenters. The zero-order valence-corrected chi connectivity index (χ0v) is 11.1. The fourth-order valence-electron chi connectivity index (χ4n) is 1.26. The summed E-state index contributed by atoms with van der Waals surface area (Å²) >= 11 is 2.60. The van der Waals surface area contributed by atoms with Crippen molar-refractivity contribution in [3.05, 3.63) is 32.9 Å². The van der Waals surface area contributed by atoms with Gasteiger partial charge in [0.15, 0.2) is 0 Å². The molecule has 0 aromatic carbocycles. The van der Waals surface area contributed by atoms with Crippen molar-refractivity contribution in [3.63, 3.8) is 0 Å². The first-order valence-electron chi connectivity index (χ1n) is 4.69. The summed E-state index contributed by atoms with van der Waals surface area (Å²) in [5, 5.41) is 13.2. The van der Waals surface area contributed by atoms with E-state index in [4.69, 9.17) is 5.11 Å². The molecule has 0 spiro atoms. The molecule has 2 heterocycles. The van der Waals surface area contributed by atoms with Gasteiger partial charge >= 0.3 is 0 Å². The first-order chi connectivity index (χ1) is 8.13. The van der Waals surface area contributed by atoms with E-state index in [0.717, 1.165) is 0 Å². The molecule has 0 radical (unpaired) electrons. The number of nitrogens with one attached hydrogen (secondary N) is 1. The molecule has 0 aliphatic carbocycles. The van der Waals surface area contributed by atoms with Crippen molar-refractivity contribution in [2.75, 3.05) is 0 Å². The Labute approximate surface area is 107 Å². The van der Waals surface area contributed by atoms with Crippen LogP contribution in [0.3, 0.4) is 0 Å². The third kappa shape index (κ3) is 2.90. The molecule has 2 N–H and O–H groups in total. The lowest BCUT2D eigenvalue weighted by atomic mass is 10.5. The van der Waals surface area contributed by atoms with Crippen LogP contribution in [0.1, 0.15) is 9.88 Å². The van der Waals surface area contributed by atoms with Gasteiger partial charge in [-0.25, -0.2) is 18.1 Å². The predicted octanol–water partition coefficient (Wildman–Crippen LogP) is 1.18. The lowest BCUT2D eigenvalue weighted by Gasteiger charge is -2.04. The van der Waals surface area contributed by atoms with Gasteiger partial charge in [0.2, 0.25) is 10.0 Å². The summed E-state index contributed by atoms with van der Waals surface area (Å²) in [6.45, 7) is -0.105. The van der Waals surface area contributed by atoms with Gasteiger partial charge in [0.25, 0.3) is 0 Å². The maximum atomic E-state index is 11.9. The van der Waals surface area contributed by atoms with E-state index in [2.05, 4.69) is 9.71 Å². The number of aliphatic hydroxyl groups excluding tert-OH is 1. The Morgan fingerprint density at radius 2 is 2.18 bits per heavy atom. The molecule has 17 heavy (non-hydrogen) atoms. The van der Waals surface area contributed by atoms with Crippen LogP contribution in [0.15, 0.2) is 27.9 Å². The second-order valence-electron chi connectivity index (χ2n) is 3.12. The fraction of sp³-hybridized carbons (Fsp3) is 0.222. The Morgan fingerprint density at radius 1 is 1.35 bits per heavy atom. The molecule has 5 nitrogen and oxygen atoms in total. The van der Waals surface area contributed by atoms with E-state index in [1.165, 1.54) is 28.7 Å². The third-order valence-corrected chi connectivity index (χ3v) is 5.33. The number of sulfonamides is 1. The highest BCUT2D eigenvalue weighted by Crippen LogP contribution is 2.21. The lowest BCUT2D eigenvalue weighted by Crippen LogP contribution is -2.23. The zero-order chi connectivity index (χ0) is 12.3. The Balaban J connectivity index is 2.14. The number of aliphatic hydroxyl groups is 1. The van der Waals surface area contributed by atoms with Gasteiger partial charge in [-0.1, -0.05) is 0 Å². The second-order valence-corrected chi connectivity index (χ2v) is 6.83. The van der Waals surface area contributed by atoms with Gasteiger partial charge in [0, 0.05) is 16.5 Å². The van der Waals surface area contributed by atoms with Crippen LogP contribution < -0.4 is 4.72 Å².